The molecule has 0 saturated heterocycles. The molecule has 0 amide bonds. The predicted molar refractivity (Wildman–Crippen MR) is 75.5 cm³/mol. The number of aromatic nitrogens is 1. The van der Waals surface area contributed by atoms with Gasteiger partial charge in [-0.25, -0.2) is 4.98 Å². The molecule has 0 aliphatic heterocycles. The first-order valence-corrected chi connectivity index (χ1v) is 6.20. The van der Waals surface area contributed by atoms with Crippen molar-refractivity contribution in [3.05, 3.63) is 65.0 Å². The average molecular weight is 235 g/mol. The third-order valence-electron chi connectivity index (χ3n) is 2.80. The molecule has 2 aromatic rings. The highest BCUT2D eigenvalue weighted by molar-refractivity contribution is 5.42. The van der Waals surface area contributed by atoms with E-state index in [1.54, 1.807) is 0 Å². The standard InChI is InChI=1S/C17H17N/c1-13(2)16-9-10-18-17(12-16)8-7-15-6-4-5-14(3)11-15/h4-6,9-13H,1-3H3. The van der Waals surface area contributed by atoms with Crippen LogP contribution in [0.4, 0.5) is 0 Å². The summed E-state index contributed by atoms with van der Waals surface area (Å²) in [5, 5.41) is 0. The molecule has 0 aliphatic carbocycles. The fourth-order valence-electron chi connectivity index (χ4n) is 1.73. The van der Waals surface area contributed by atoms with Crippen molar-refractivity contribution < 1.29 is 0 Å². The van der Waals surface area contributed by atoms with Gasteiger partial charge in [-0.05, 0) is 54.2 Å². The molecule has 0 fully saturated rings. The van der Waals surface area contributed by atoms with Gasteiger partial charge < -0.3 is 0 Å². The number of nitrogens with zero attached hydrogens (tertiary/aromatic N) is 1. The third kappa shape index (κ3) is 3.21. The lowest BCUT2D eigenvalue weighted by Gasteiger charge is -2.03. The van der Waals surface area contributed by atoms with E-state index in [2.05, 4.69) is 55.8 Å². The van der Waals surface area contributed by atoms with Crippen LogP contribution in [0.25, 0.3) is 0 Å². The van der Waals surface area contributed by atoms with Gasteiger partial charge in [0.25, 0.3) is 0 Å². The van der Waals surface area contributed by atoms with Crippen LogP contribution in [0.2, 0.25) is 0 Å². The van der Waals surface area contributed by atoms with Crippen LogP contribution in [0.15, 0.2) is 42.6 Å². The maximum atomic E-state index is 4.29. The summed E-state index contributed by atoms with van der Waals surface area (Å²) in [5.74, 6) is 6.78. The van der Waals surface area contributed by atoms with Crippen molar-refractivity contribution in [2.45, 2.75) is 26.7 Å². The second-order valence-electron chi connectivity index (χ2n) is 4.75. The number of rotatable bonds is 1. The first kappa shape index (κ1) is 12.4. The summed E-state index contributed by atoms with van der Waals surface area (Å²) in [7, 11) is 0. The fraction of sp³-hybridized carbons (Fsp3) is 0.235. The molecule has 0 atom stereocenters. The largest absolute Gasteiger partial charge is 0.248 e. The van der Waals surface area contributed by atoms with E-state index in [1.165, 1.54) is 11.1 Å². The highest BCUT2D eigenvalue weighted by Crippen LogP contribution is 2.13. The summed E-state index contributed by atoms with van der Waals surface area (Å²) in [6.07, 6.45) is 1.83. The second-order valence-corrected chi connectivity index (χ2v) is 4.75. The van der Waals surface area contributed by atoms with Crippen LogP contribution in [0.1, 0.15) is 42.1 Å². The molecule has 2 rings (SSSR count). The van der Waals surface area contributed by atoms with E-state index in [0.717, 1.165) is 11.3 Å². The first-order valence-electron chi connectivity index (χ1n) is 6.20. The van der Waals surface area contributed by atoms with Gasteiger partial charge in [-0.1, -0.05) is 31.9 Å². The van der Waals surface area contributed by atoms with Crippen molar-refractivity contribution in [2.75, 3.05) is 0 Å². The fourth-order valence-corrected chi connectivity index (χ4v) is 1.73. The molecular formula is C17H17N. The van der Waals surface area contributed by atoms with Gasteiger partial charge in [-0.15, -0.1) is 0 Å². The smallest absolute Gasteiger partial charge is 0.113 e. The lowest BCUT2D eigenvalue weighted by molar-refractivity contribution is 0.862. The van der Waals surface area contributed by atoms with Crippen LogP contribution in [-0.4, -0.2) is 4.98 Å². The summed E-state index contributed by atoms with van der Waals surface area (Å²) < 4.78 is 0. The molecule has 1 nitrogen and oxygen atoms in total. The number of hydrogen-bond acceptors (Lipinski definition) is 1. The topological polar surface area (TPSA) is 12.9 Å². The van der Waals surface area contributed by atoms with E-state index < -0.39 is 0 Å². The summed E-state index contributed by atoms with van der Waals surface area (Å²) in [6.45, 7) is 6.42. The Morgan fingerprint density at radius 2 is 1.89 bits per heavy atom. The lowest BCUT2D eigenvalue weighted by atomic mass is 10.0. The molecule has 0 aliphatic rings. The highest BCUT2D eigenvalue weighted by atomic mass is 14.6. The van der Waals surface area contributed by atoms with Crippen molar-refractivity contribution in [1.82, 2.24) is 4.98 Å². The SMILES string of the molecule is Cc1cccc(C#Cc2cc(C(C)C)ccn2)c1. The van der Waals surface area contributed by atoms with Crippen molar-refractivity contribution in [1.29, 1.82) is 0 Å². The van der Waals surface area contributed by atoms with Crippen LogP contribution >= 0.6 is 0 Å². The number of benzene rings is 1. The lowest BCUT2D eigenvalue weighted by Crippen LogP contribution is -1.90. The number of hydrogen-bond donors (Lipinski definition) is 0. The molecular weight excluding hydrogens is 218 g/mol. The van der Waals surface area contributed by atoms with E-state index in [0.29, 0.717) is 5.92 Å². The summed E-state index contributed by atoms with van der Waals surface area (Å²) in [6, 6.07) is 12.3. The summed E-state index contributed by atoms with van der Waals surface area (Å²) in [5.41, 5.74) is 4.37. The highest BCUT2D eigenvalue weighted by Gasteiger charge is 1.99. The Morgan fingerprint density at radius 3 is 2.61 bits per heavy atom. The van der Waals surface area contributed by atoms with Crippen molar-refractivity contribution in [3.63, 3.8) is 0 Å². The molecule has 0 unspecified atom stereocenters. The van der Waals surface area contributed by atoms with Crippen molar-refractivity contribution >= 4 is 0 Å². The average Bonchev–Trinajstić information content (AvgIpc) is 2.37. The van der Waals surface area contributed by atoms with Gasteiger partial charge in [0, 0.05) is 11.8 Å². The Labute approximate surface area is 109 Å². The zero-order chi connectivity index (χ0) is 13.0. The molecule has 0 N–H and O–H groups in total. The first-order chi connectivity index (χ1) is 8.65. The second kappa shape index (κ2) is 5.51. The van der Waals surface area contributed by atoms with Gasteiger partial charge in [0.05, 0.1) is 0 Å². The van der Waals surface area contributed by atoms with Gasteiger partial charge in [0.2, 0.25) is 0 Å². The van der Waals surface area contributed by atoms with Crippen LogP contribution in [0, 0.1) is 18.8 Å². The monoisotopic (exact) mass is 235 g/mol. The Hall–Kier alpha value is -2.07. The van der Waals surface area contributed by atoms with Gasteiger partial charge in [0.1, 0.15) is 5.69 Å². The Kier molecular flexibility index (Phi) is 3.79. The quantitative estimate of drug-likeness (QED) is 0.683. The van der Waals surface area contributed by atoms with Crippen LogP contribution < -0.4 is 0 Å². The van der Waals surface area contributed by atoms with E-state index in [-0.39, 0.29) is 0 Å². The molecule has 90 valence electrons. The zero-order valence-corrected chi connectivity index (χ0v) is 11.1. The van der Waals surface area contributed by atoms with Crippen molar-refractivity contribution in [2.24, 2.45) is 0 Å². The Balaban J connectivity index is 2.27. The van der Waals surface area contributed by atoms with Gasteiger partial charge in [0.15, 0.2) is 0 Å². The number of aryl methyl sites for hydroxylation is 1. The van der Waals surface area contributed by atoms with Crippen molar-refractivity contribution in [3.8, 4) is 11.8 Å². The van der Waals surface area contributed by atoms with Crippen LogP contribution in [-0.2, 0) is 0 Å². The predicted octanol–water partition coefficient (Wildman–Crippen LogP) is 3.91. The maximum Gasteiger partial charge on any atom is 0.113 e. The van der Waals surface area contributed by atoms with E-state index in [9.17, 15) is 0 Å². The van der Waals surface area contributed by atoms with Gasteiger partial charge >= 0.3 is 0 Å². The molecule has 0 spiro atoms. The molecule has 18 heavy (non-hydrogen) atoms. The number of pyridine rings is 1. The molecule has 1 heteroatoms. The molecule has 1 aromatic heterocycles. The maximum absolute atomic E-state index is 4.29. The Bertz CT molecular complexity index is 600. The minimum absolute atomic E-state index is 0.507. The van der Waals surface area contributed by atoms with E-state index in [1.807, 2.05) is 24.4 Å². The molecule has 0 saturated carbocycles. The summed E-state index contributed by atoms with van der Waals surface area (Å²) in [4.78, 5) is 4.29. The van der Waals surface area contributed by atoms with E-state index >= 15 is 0 Å². The Morgan fingerprint density at radius 1 is 1.06 bits per heavy atom. The minimum atomic E-state index is 0.507. The van der Waals surface area contributed by atoms with Crippen LogP contribution in [0.5, 0.6) is 0 Å². The third-order valence-corrected chi connectivity index (χ3v) is 2.80. The molecule has 0 bridgehead atoms. The van der Waals surface area contributed by atoms with E-state index in [4.69, 9.17) is 0 Å². The summed E-state index contributed by atoms with van der Waals surface area (Å²) >= 11 is 0. The molecule has 0 radical (unpaired) electrons. The van der Waals surface area contributed by atoms with Crippen LogP contribution in [0.3, 0.4) is 0 Å². The zero-order valence-electron chi connectivity index (χ0n) is 11.1. The molecule has 1 aromatic carbocycles. The normalized spacial score (nSPS) is 10.0. The minimum Gasteiger partial charge on any atom is -0.248 e. The van der Waals surface area contributed by atoms with Gasteiger partial charge in [-0.3, -0.25) is 0 Å². The molecule has 1 heterocycles. The van der Waals surface area contributed by atoms with Gasteiger partial charge in [-0.2, -0.15) is 0 Å².